The van der Waals surface area contributed by atoms with Crippen LogP contribution in [0.4, 0.5) is 0 Å². The lowest BCUT2D eigenvalue weighted by molar-refractivity contribution is -0.139. The zero-order valence-corrected chi connectivity index (χ0v) is 10.6. The Balaban J connectivity index is 3.20. The molecule has 4 nitrogen and oxygen atoms in total. The van der Waals surface area contributed by atoms with Crippen LogP contribution >= 0.6 is 0 Å². The van der Waals surface area contributed by atoms with E-state index >= 15 is 0 Å². The third-order valence-corrected chi connectivity index (χ3v) is 3.15. The molecule has 0 fully saturated rings. The number of esters is 2. The lowest BCUT2D eigenvalue weighted by Crippen LogP contribution is -2.15. The van der Waals surface area contributed by atoms with E-state index in [2.05, 4.69) is 11.7 Å². The summed E-state index contributed by atoms with van der Waals surface area (Å²) in [6, 6.07) is 0. The fourth-order valence-corrected chi connectivity index (χ4v) is 1.77. The van der Waals surface area contributed by atoms with Crippen molar-refractivity contribution in [1.82, 2.24) is 0 Å². The molecule has 94 valence electrons. The van der Waals surface area contributed by atoms with Crippen molar-refractivity contribution in [1.29, 1.82) is 0 Å². The smallest absolute Gasteiger partial charge is 0.338 e. The van der Waals surface area contributed by atoms with Gasteiger partial charge in [0.2, 0.25) is 0 Å². The summed E-state index contributed by atoms with van der Waals surface area (Å²) in [5, 5.41) is 0. The Bertz CT molecular complexity index is 379. The van der Waals surface area contributed by atoms with Crippen LogP contribution in [0.15, 0.2) is 23.3 Å². The van der Waals surface area contributed by atoms with Gasteiger partial charge < -0.3 is 9.47 Å². The minimum atomic E-state index is -0.497. The molecule has 0 spiro atoms. The monoisotopic (exact) mass is 238 g/mol. The summed E-state index contributed by atoms with van der Waals surface area (Å²) in [5.41, 5.74) is 0.697. The maximum atomic E-state index is 11.7. The second-order valence-electron chi connectivity index (χ2n) is 4.28. The Hall–Kier alpha value is -1.58. The summed E-state index contributed by atoms with van der Waals surface area (Å²) in [7, 11) is 2.61. The highest BCUT2D eigenvalue weighted by atomic mass is 16.5. The Kier molecular flexibility index (Phi) is 4.49. The number of hydrogen-bond donors (Lipinski definition) is 0. The maximum absolute atomic E-state index is 11.7. The topological polar surface area (TPSA) is 52.6 Å². The van der Waals surface area contributed by atoms with Crippen LogP contribution in [-0.2, 0) is 19.1 Å². The molecular formula is C13H18O4. The molecule has 17 heavy (non-hydrogen) atoms. The molecule has 4 heteroatoms. The van der Waals surface area contributed by atoms with Crippen LogP contribution in [0.2, 0.25) is 0 Å². The second-order valence-corrected chi connectivity index (χ2v) is 4.28. The third-order valence-electron chi connectivity index (χ3n) is 3.15. The Labute approximate surface area is 101 Å². The van der Waals surface area contributed by atoms with Crippen LogP contribution in [0.1, 0.15) is 20.3 Å². The summed E-state index contributed by atoms with van der Waals surface area (Å²) in [5.74, 6) is -0.377. The largest absolute Gasteiger partial charge is 0.466 e. The van der Waals surface area contributed by atoms with E-state index in [-0.39, 0.29) is 5.92 Å². The van der Waals surface area contributed by atoms with Gasteiger partial charge in [0.15, 0.2) is 0 Å². The van der Waals surface area contributed by atoms with Gasteiger partial charge in [-0.1, -0.05) is 26.0 Å². The highest BCUT2D eigenvalue weighted by Gasteiger charge is 2.26. The predicted molar refractivity (Wildman–Crippen MR) is 63.1 cm³/mol. The number of allylic oxidation sites excluding steroid dienone is 1. The number of carbonyl (C=O) groups excluding carboxylic acids is 2. The van der Waals surface area contributed by atoms with Crippen LogP contribution in [0.5, 0.6) is 0 Å². The van der Waals surface area contributed by atoms with Crippen molar-refractivity contribution in [3.8, 4) is 0 Å². The van der Waals surface area contributed by atoms with E-state index in [4.69, 9.17) is 4.74 Å². The fourth-order valence-electron chi connectivity index (χ4n) is 1.77. The van der Waals surface area contributed by atoms with Gasteiger partial charge in [0.25, 0.3) is 0 Å². The Morgan fingerprint density at radius 1 is 1.18 bits per heavy atom. The van der Waals surface area contributed by atoms with Gasteiger partial charge in [-0.25, -0.2) is 9.59 Å². The van der Waals surface area contributed by atoms with Crippen LogP contribution in [0.25, 0.3) is 0 Å². The van der Waals surface area contributed by atoms with Crippen LogP contribution in [0.3, 0.4) is 0 Å². The molecule has 0 heterocycles. The van der Waals surface area contributed by atoms with E-state index in [1.165, 1.54) is 14.2 Å². The molecule has 0 bridgehead atoms. The SMILES string of the molecule is COC(=O)C1=C(C(=O)OC)CC(C)C(C)C=C1. The van der Waals surface area contributed by atoms with Crippen molar-refractivity contribution in [2.24, 2.45) is 11.8 Å². The highest BCUT2D eigenvalue weighted by molar-refractivity contribution is 6.02. The van der Waals surface area contributed by atoms with Crippen LogP contribution in [-0.4, -0.2) is 26.2 Å². The fraction of sp³-hybridized carbons (Fsp3) is 0.538. The van der Waals surface area contributed by atoms with Crippen LogP contribution in [0, 0.1) is 11.8 Å². The molecule has 0 saturated heterocycles. The highest BCUT2D eigenvalue weighted by Crippen LogP contribution is 2.28. The maximum Gasteiger partial charge on any atom is 0.338 e. The minimum absolute atomic E-state index is 0.280. The van der Waals surface area contributed by atoms with Crippen LogP contribution < -0.4 is 0 Å². The molecule has 1 aliphatic rings. The van der Waals surface area contributed by atoms with Gasteiger partial charge in [-0.15, -0.1) is 0 Å². The van der Waals surface area contributed by atoms with E-state index in [9.17, 15) is 9.59 Å². The molecule has 0 aromatic heterocycles. The molecule has 1 aliphatic carbocycles. The van der Waals surface area contributed by atoms with Gasteiger partial charge >= 0.3 is 11.9 Å². The molecule has 0 amide bonds. The molecule has 0 aromatic rings. The first kappa shape index (κ1) is 13.5. The molecule has 2 atom stereocenters. The summed E-state index contributed by atoms with van der Waals surface area (Å²) in [4.78, 5) is 23.3. The molecule has 2 unspecified atom stereocenters. The molecule has 0 aliphatic heterocycles. The van der Waals surface area contributed by atoms with Crippen molar-refractivity contribution >= 4 is 11.9 Å². The zero-order chi connectivity index (χ0) is 13.0. The average Bonchev–Trinajstić information content (AvgIpc) is 2.48. The van der Waals surface area contributed by atoms with E-state index in [0.717, 1.165) is 0 Å². The van der Waals surface area contributed by atoms with Gasteiger partial charge in [0.1, 0.15) is 0 Å². The summed E-state index contributed by atoms with van der Waals surface area (Å²) >= 11 is 0. The Morgan fingerprint density at radius 2 is 1.76 bits per heavy atom. The second kappa shape index (κ2) is 5.66. The predicted octanol–water partition coefficient (Wildman–Crippen LogP) is 1.86. The van der Waals surface area contributed by atoms with E-state index in [0.29, 0.717) is 23.5 Å². The van der Waals surface area contributed by atoms with Crippen molar-refractivity contribution in [3.05, 3.63) is 23.3 Å². The number of ether oxygens (including phenoxy) is 2. The summed E-state index contributed by atoms with van der Waals surface area (Å²) < 4.78 is 9.40. The first-order valence-corrected chi connectivity index (χ1v) is 5.59. The quantitative estimate of drug-likeness (QED) is 0.689. The van der Waals surface area contributed by atoms with Crippen molar-refractivity contribution in [3.63, 3.8) is 0 Å². The van der Waals surface area contributed by atoms with Gasteiger partial charge in [-0.2, -0.15) is 0 Å². The molecule has 0 radical (unpaired) electrons. The average molecular weight is 238 g/mol. The zero-order valence-electron chi connectivity index (χ0n) is 10.6. The molecule has 1 rings (SSSR count). The first-order chi connectivity index (χ1) is 8.01. The lowest BCUT2D eigenvalue weighted by Gasteiger charge is -2.15. The number of methoxy groups -OCH3 is 2. The minimum Gasteiger partial charge on any atom is -0.466 e. The summed E-state index contributed by atoms with van der Waals surface area (Å²) in [6.07, 6.45) is 4.10. The van der Waals surface area contributed by atoms with E-state index in [1.54, 1.807) is 6.08 Å². The number of hydrogen-bond acceptors (Lipinski definition) is 4. The summed E-state index contributed by atoms with van der Waals surface area (Å²) in [6.45, 7) is 4.09. The van der Waals surface area contributed by atoms with Gasteiger partial charge in [0.05, 0.1) is 25.4 Å². The number of carbonyl (C=O) groups is 2. The van der Waals surface area contributed by atoms with Gasteiger partial charge in [-0.05, 0) is 18.3 Å². The molecular weight excluding hydrogens is 220 g/mol. The van der Waals surface area contributed by atoms with Crippen molar-refractivity contribution < 1.29 is 19.1 Å². The van der Waals surface area contributed by atoms with E-state index in [1.807, 2.05) is 13.0 Å². The third kappa shape index (κ3) is 2.96. The van der Waals surface area contributed by atoms with Gasteiger partial charge in [-0.3, -0.25) is 0 Å². The standard InChI is InChI=1S/C13H18O4/c1-8-5-6-10(12(14)16-3)11(7-9(8)2)13(15)17-4/h5-6,8-9H,7H2,1-4H3. The van der Waals surface area contributed by atoms with Gasteiger partial charge in [0, 0.05) is 0 Å². The Morgan fingerprint density at radius 3 is 2.29 bits per heavy atom. The van der Waals surface area contributed by atoms with Crippen molar-refractivity contribution in [2.75, 3.05) is 14.2 Å². The number of rotatable bonds is 2. The van der Waals surface area contributed by atoms with E-state index < -0.39 is 11.9 Å². The molecule has 0 N–H and O–H groups in total. The molecule has 0 saturated carbocycles. The first-order valence-electron chi connectivity index (χ1n) is 5.59. The lowest BCUT2D eigenvalue weighted by atomic mass is 9.91. The normalized spacial score (nSPS) is 24.2. The van der Waals surface area contributed by atoms with Crippen molar-refractivity contribution in [2.45, 2.75) is 20.3 Å². The molecule has 0 aromatic carbocycles.